The Morgan fingerprint density at radius 3 is 2.52 bits per heavy atom. The van der Waals surface area contributed by atoms with Gasteiger partial charge in [-0.3, -0.25) is 4.79 Å². The predicted molar refractivity (Wildman–Crippen MR) is 92.6 cm³/mol. The third-order valence-electron chi connectivity index (χ3n) is 4.98. The lowest BCUT2D eigenvalue weighted by Gasteiger charge is -2.45. The molecule has 0 aromatic carbocycles. The van der Waals surface area contributed by atoms with Crippen LogP contribution in [-0.2, 0) is 4.79 Å². The van der Waals surface area contributed by atoms with Crippen molar-refractivity contribution in [2.45, 2.75) is 57.0 Å². The molecule has 0 radical (unpaired) electrons. The molecular formula is C15H31Cl2N3O. The quantitative estimate of drug-likeness (QED) is 0.825. The molecule has 1 aliphatic heterocycles. The van der Waals surface area contributed by atoms with Gasteiger partial charge in [0.2, 0.25) is 5.91 Å². The molecule has 6 heteroatoms. The van der Waals surface area contributed by atoms with E-state index in [4.69, 9.17) is 0 Å². The molecular weight excluding hydrogens is 309 g/mol. The summed E-state index contributed by atoms with van der Waals surface area (Å²) in [5.41, 5.74) is 0.159. The van der Waals surface area contributed by atoms with Gasteiger partial charge in [-0.05, 0) is 52.2 Å². The van der Waals surface area contributed by atoms with Crippen LogP contribution in [0.25, 0.3) is 0 Å². The molecule has 4 nitrogen and oxygen atoms in total. The number of nitrogens with zero attached hydrogens (tertiary/aromatic N) is 1. The van der Waals surface area contributed by atoms with Gasteiger partial charge in [0.15, 0.2) is 0 Å². The molecule has 0 spiro atoms. The van der Waals surface area contributed by atoms with Gasteiger partial charge in [-0.2, -0.15) is 0 Å². The zero-order valence-electron chi connectivity index (χ0n) is 13.5. The first-order valence-electron chi connectivity index (χ1n) is 7.72. The third-order valence-corrected chi connectivity index (χ3v) is 4.98. The Hall–Kier alpha value is -0.0300. The standard InChI is InChI=1S/C15H29N3O.2ClH/c1-12-6-4-8-15(10-12,18(2)3)11-17-14(19)13-7-5-9-16-13;;/h12-13,16H,4-11H2,1-3H3,(H,17,19);2*1H. The van der Waals surface area contributed by atoms with Crippen molar-refractivity contribution < 1.29 is 4.79 Å². The summed E-state index contributed by atoms with van der Waals surface area (Å²) in [6.07, 6.45) is 7.09. The van der Waals surface area contributed by atoms with Gasteiger partial charge in [-0.15, -0.1) is 24.8 Å². The molecule has 0 bridgehead atoms. The Kier molecular flexibility index (Phi) is 9.17. The highest BCUT2D eigenvalue weighted by atomic mass is 35.5. The average molecular weight is 340 g/mol. The summed E-state index contributed by atoms with van der Waals surface area (Å²) >= 11 is 0. The second-order valence-electron chi connectivity index (χ2n) is 6.69. The molecule has 3 unspecified atom stereocenters. The summed E-state index contributed by atoms with van der Waals surface area (Å²) in [5, 5.41) is 6.46. The van der Waals surface area contributed by atoms with Crippen LogP contribution in [0.5, 0.6) is 0 Å². The van der Waals surface area contributed by atoms with E-state index >= 15 is 0 Å². The van der Waals surface area contributed by atoms with E-state index in [9.17, 15) is 4.79 Å². The maximum atomic E-state index is 12.1. The largest absolute Gasteiger partial charge is 0.353 e. The molecule has 1 aliphatic carbocycles. The molecule has 0 aromatic heterocycles. The molecule has 1 amide bonds. The molecule has 2 rings (SSSR count). The molecule has 0 aromatic rings. The van der Waals surface area contributed by atoms with E-state index in [2.05, 4.69) is 36.6 Å². The number of likely N-dealkylation sites (N-methyl/N-ethyl adjacent to an activating group) is 1. The summed E-state index contributed by atoms with van der Waals surface area (Å²) < 4.78 is 0. The second kappa shape index (κ2) is 9.19. The molecule has 126 valence electrons. The number of amides is 1. The maximum Gasteiger partial charge on any atom is 0.237 e. The SMILES string of the molecule is CC1CCCC(CNC(=O)C2CCCN2)(N(C)C)C1.Cl.Cl. The van der Waals surface area contributed by atoms with E-state index in [0.717, 1.165) is 31.8 Å². The normalized spacial score (nSPS) is 32.2. The summed E-state index contributed by atoms with van der Waals surface area (Å²) in [7, 11) is 4.30. The minimum absolute atomic E-state index is 0. The highest BCUT2D eigenvalue weighted by Crippen LogP contribution is 2.35. The molecule has 1 heterocycles. The van der Waals surface area contributed by atoms with Gasteiger partial charge in [0.1, 0.15) is 0 Å². The van der Waals surface area contributed by atoms with Crippen LogP contribution in [0.3, 0.4) is 0 Å². The summed E-state index contributed by atoms with van der Waals surface area (Å²) in [4.78, 5) is 14.5. The lowest BCUT2D eigenvalue weighted by Crippen LogP contribution is -2.56. The number of halogens is 2. The van der Waals surface area contributed by atoms with Crippen molar-refractivity contribution in [1.82, 2.24) is 15.5 Å². The van der Waals surface area contributed by atoms with Crippen molar-refractivity contribution in [3.63, 3.8) is 0 Å². The van der Waals surface area contributed by atoms with Crippen molar-refractivity contribution in [3.8, 4) is 0 Å². The van der Waals surface area contributed by atoms with Crippen LogP contribution < -0.4 is 10.6 Å². The van der Waals surface area contributed by atoms with Crippen LogP contribution in [0.15, 0.2) is 0 Å². The lowest BCUT2D eigenvalue weighted by molar-refractivity contribution is -0.123. The van der Waals surface area contributed by atoms with Crippen LogP contribution >= 0.6 is 24.8 Å². The van der Waals surface area contributed by atoms with Gasteiger partial charge in [-0.1, -0.05) is 19.8 Å². The average Bonchev–Trinajstić information content (AvgIpc) is 2.89. The van der Waals surface area contributed by atoms with E-state index in [1.165, 1.54) is 25.7 Å². The second-order valence-corrected chi connectivity index (χ2v) is 6.69. The van der Waals surface area contributed by atoms with Gasteiger partial charge in [-0.25, -0.2) is 0 Å². The zero-order valence-corrected chi connectivity index (χ0v) is 15.1. The predicted octanol–water partition coefficient (Wildman–Crippen LogP) is 2.21. The highest BCUT2D eigenvalue weighted by Gasteiger charge is 2.37. The molecule has 1 saturated carbocycles. The fourth-order valence-corrected chi connectivity index (χ4v) is 3.64. The number of hydrogen-bond donors (Lipinski definition) is 2. The number of carbonyl (C=O) groups is 1. The molecule has 2 aliphatic rings. The van der Waals surface area contributed by atoms with Crippen LogP contribution in [0.2, 0.25) is 0 Å². The summed E-state index contributed by atoms with van der Waals surface area (Å²) in [5.74, 6) is 0.953. The molecule has 2 fully saturated rings. The Labute approximate surface area is 141 Å². The zero-order chi connectivity index (χ0) is 13.9. The molecule has 21 heavy (non-hydrogen) atoms. The van der Waals surface area contributed by atoms with Gasteiger partial charge >= 0.3 is 0 Å². The van der Waals surface area contributed by atoms with Crippen LogP contribution in [0, 0.1) is 5.92 Å². The monoisotopic (exact) mass is 339 g/mol. The van der Waals surface area contributed by atoms with Crippen molar-refractivity contribution in [1.29, 1.82) is 0 Å². The maximum absolute atomic E-state index is 12.1. The molecule has 1 saturated heterocycles. The van der Waals surface area contributed by atoms with Crippen LogP contribution in [0.4, 0.5) is 0 Å². The number of nitrogens with one attached hydrogen (secondary N) is 2. The van der Waals surface area contributed by atoms with Crippen LogP contribution in [0.1, 0.15) is 45.4 Å². The first-order valence-corrected chi connectivity index (χ1v) is 7.72. The van der Waals surface area contributed by atoms with E-state index in [-0.39, 0.29) is 42.3 Å². The van der Waals surface area contributed by atoms with Gasteiger partial charge in [0.25, 0.3) is 0 Å². The Balaban J connectivity index is 0.00000200. The lowest BCUT2D eigenvalue weighted by atomic mass is 9.75. The van der Waals surface area contributed by atoms with E-state index in [0.29, 0.717) is 0 Å². The van der Waals surface area contributed by atoms with Crippen LogP contribution in [-0.4, -0.2) is 49.6 Å². The van der Waals surface area contributed by atoms with Crippen molar-refractivity contribution in [3.05, 3.63) is 0 Å². The first-order chi connectivity index (χ1) is 9.03. The minimum Gasteiger partial charge on any atom is -0.353 e. The van der Waals surface area contributed by atoms with E-state index in [1.54, 1.807) is 0 Å². The molecule has 3 atom stereocenters. The molecule has 2 N–H and O–H groups in total. The van der Waals surface area contributed by atoms with E-state index < -0.39 is 0 Å². The van der Waals surface area contributed by atoms with E-state index in [1.807, 2.05) is 0 Å². The number of carbonyl (C=O) groups excluding carboxylic acids is 1. The van der Waals surface area contributed by atoms with Gasteiger partial charge in [0.05, 0.1) is 6.04 Å². The Morgan fingerprint density at radius 1 is 1.29 bits per heavy atom. The van der Waals surface area contributed by atoms with Gasteiger partial charge in [0, 0.05) is 12.1 Å². The fraction of sp³-hybridized carbons (Fsp3) is 0.933. The summed E-state index contributed by atoms with van der Waals surface area (Å²) in [6.45, 7) is 4.10. The first kappa shape index (κ1) is 21.0. The third kappa shape index (κ3) is 5.27. The Morgan fingerprint density at radius 2 is 2.00 bits per heavy atom. The van der Waals surface area contributed by atoms with Crippen molar-refractivity contribution in [2.75, 3.05) is 27.2 Å². The minimum atomic E-state index is 0. The summed E-state index contributed by atoms with van der Waals surface area (Å²) in [6, 6.07) is 0.0419. The fourth-order valence-electron chi connectivity index (χ4n) is 3.64. The number of rotatable bonds is 4. The smallest absolute Gasteiger partial charge is 0.237 e. The number of hydrogen-bond acceptors (Lipinski definition) is 3. The topological polar surface area (TPSA) is 44.4 Å². The van der Waals surface area contributed by atoms with Crippen molar-refractivity contribution >= 4 is 30.7 Å². The Bertz CT molecular complexity index is 322. The van der Waals surface area contributed by atoms with Crippen molar-refractivity contribution in [2.24, 2.45) is 5.92 Å². The highest BCUT2D eigenvalue weighted by molar-refractivity contribution is 5.85. The van der Waals surface area contributed by atoms with Gasteiger partial charge < -0.3 is 15.5 Å².